The van der Waals surface area contributed by atoms with Crippen LogP contribution >= 0.6 is 0 Å². The minimum Gasteiger partial charge on any atom is -0.384 e. The van der Waals surface area contributed by atoms with Gasteiger partial charge >= 0.3 is 6.18 Å². The summed E-state index contributed by atoms with van der Waals surface area (Å²) >= 11 is 0. The summed E-state index contributed by atoms with van der Waals surface area (Å²) in [5, 5.41) is 10.1. The number of alkyl halides is 5. The van der Waals surface area contributed by atoms with Gasteiger partial charge in [0.25, 0.3) is 6.43 Å². The van der Waals surface area contributed by atoms with Gasteiger partial charge in [-0.2, -0.15) is 13.2 Å². The predicted molar refractivity (Wildman–Crippen MR) is 64.7 cm³/mol. The number of benzene rings is 1. The summed E-state index contributed by atoms with van der Waals surface area (Å²) in [5.74, 6) is 0. The van der Waals surface area contributed by atoms with Crippen molar-refractivity contribution < 1.29 is 27.1 Å². The van der Waals surface area contributed by atoms with Gasteiger partial charge in [-0.3, -0.25) is 4.98 Å². The van der Waals surface area contributed by atoms with Crippen molar-refractivity contribution in [3.63, 3.8) is 0 Å². The van der Waals surface area contributed by atoms with E-state index in [-0.39, 0.29) is 11.1 Å². The van der Waals surface area contributed by atoms with Crippen LogP contribution in [0.15, 0.2) is 42.7 Å². The van der Waals surface area contributed by atoms with Crippen LogP contribution in [0.2, 0.25) is 0 Å². The summed E-state index contributed by atoms with van der Waals surface area (Å²) in [6, 6.07) is 5.38. The number of pyridine rings is 1. The molecule has 0 saturated heterocycles. The Morgan fingerprint density at radius 1 is 1.05 bits per heavy atom. The maximum absolute atomic E-state index is 12.9. The number of aromatic nitrogens is 1. The van der Waals surface area contributed by atoms with Crippen LogP contribution in [0.25, 0.3) is 0 Å². The number of hydrogen-bond acceptors (Lipinski definition) is 2. The Balaban J connectivity index is 2.46. The molecular weight excluding hydrogens is 293 g/mol. The van der Waals surface area contributed by atoms with Crippen LogP contribution in [0.5, 0.6) is 0 Å². The lowest BCUT2D eigenvalue weighted by atomic mass is 9.97. The zero-order valence-corrected chi connectivity index (χ0v) is 10.5. The van der Waals surface area contributed by atoms with Gasteiger partial charge in [-0.25, -0.2) is 8.78 Å². The van der Waals surface area contributed by atoms with Gasteiger partial charge < -0.3 is 5.11 Å². The van der Waals surface area contributed by atoms with E-state index in [9.17, 15) is 27.1 Å². The van der Waals surface area contributed by atoms with Gasteiger partial charge in [-0.1, -0.05) is 18.2 Å². The molecule has 1 aromatic heterocycles. The number of hydrogen-bond donors (Lipinski definition) is 1. The second-order valence-electron chi connectivity index (χ2n) is 4.33. The van der Waals surface area contributed by atoms with E-state index in [0.717, 1.165) is 30.6 Å². The quantitative estimate of drug-likeness (QED) is 0.865. The van der Waals surface area contributed by atoms with Crippen molar-refractivity contribution in [3.05, 3.63) is 65.0 Å². The van der Waals surface area contributed by atoms with Crippen LogP contribution in [0.3, 0.4) is 0 Å². The molecule has 2 rings (SSSR count). The second kappa shape index (κ2) is 5.77. The second-order valence-corrected chi connectivity index (χ2v) is 4.33. The third-order valence-corrected chi connectivity index (χ3v) is 2.93. The van der Waals surface area contributed by atoms with Gasteiger partial charge in [0.05, 0.1) is 5.56 Å². The molecule has 1 aromatic carbocycles. The SMILES string of the molecule is OC(c1cccc(C(F)F)c1)c1cnccc1C(F)(F)F. The molecule has 0 aliphatic rings. The molecule has 0 radical (unpaired) electrons. The van der Waals surface area contributed by atoms with Crippen LogP contribution in [-0.2, 0) is 6.18 Å². The number of aliphatic hydroxyl groups excluding tert-OH is 1. The van der Waals surface area contributed by atoms with Gasteiger partial charge in [-0.15, -0.1) is 0 Å². The number of aliphatic hydroxyl groups is 1. The molecule has 7 heteroatoms. The first-order valence-corrected chi connectivity index (χ1v) is 5.88. The van der Waals surface area contributed by atoms with Gasteiger partial charge in [0.2, 0.25) is 0 Å². The Labute approximate surface area is 116 Å². The van der Waals surface area contributed by atoms with E-state index in [2.05, 4.69) is 4.98 Å². The zero-order valence-electron chi connectivity index (χ0n) is 10.5. The molecule has 112 valence electrons. The molecule has 21 heavy (non-hydrogen) atoms. The third-order valence-electron chi connectivity index (χ3n) is 2.93. The molecule has 1 unspecified atom stereocenters. The molecule has 0 bridgehead atoms. The highest BCUT2D eigenvalue weighted by Crippen LogP contribution is 2.36. The molecule has 0 saturated carbocycles. The smallest absolute Gasteiger partial charge is 0.384 e. The lowest BCUT2D eigenvalue weighted by Crippen LogP contribution is -2.13. The summed E-state index contributed by atoms with van der Waals surface area (Å²) in [4.78, 5) is 3.55. The van der Waals surface area contributed by atoms with Crippen molar-refractivity contribution in [2.75, 3.05) is 0 Å². The zero-order chi connectivity index (χ0) is 15.6. The largest absolute Gasteiger partial charge is 0.416 e. The molecular formula is C14H10F5NO. The Bertz CT molecular complexity index is 627. The van der Waals surface area contributed by atoms with Crippen molar-refractivity contribution in [3.8, 4) is 0 Å². The van der Waals surface area contributed by atoms with Crippen LogP contribution in [0.1, 0.15) is 34.8 Å². The van der Waals surface area contributed by atoms with Gasteiger partial charge in [0, 0.05) is 23.5 Å². The van der Waals surface area contributed by atoms with E-state index in [1.165, 1.54) is 12.1 Å². The van der Waals surface area contributed by atoms with Crippen LogP contribution in [-0.4, -0.2) is 10.1 Å². The fourth-order valence-electron chi connectivity index (χ4n) is 1.93. The first kappa shape index (κ1) is 15.4. The van der Waals surface area contributed by atoms with E-state index < -0.39 is 29.8 Å². The molecule has 1 atom stereocenters. The normalized spacial score (nSPS) is 13.5. The summed E-state index contributed by atoms with van der Waals surface area (Å²) in [6.07, 6.45) is -7.29. The minimum absolute atomic E-state index is 0.0497. The first-order chi connectivity index (χ1) is 9.80. The monoisotopic (exact) mass is 303 g/mol. The first-order valence-electron chi connectivity index (χ1n) is 5.88. The van der Waals surface area contributed by atoms with Crippen LogP contribution in [0.4, 0.5) is 22.0 Å². The Kier molecular flexibility index (Phi) is 4.22. The molecule has 0 amide bonds. The van der Waals surface area contributed by atoms with Crippen LogP contribution in [0, 0.1) is 0 Å². The molecule has 0 aliphatic heterocycles. The summed E-state index contributed by atoms with van der Waals surface area (Å²) < 4.78 is 63.8. The number of rotatable bonds is 3. The van der Waals surface area contributed by atoms with Gasteiger partial charge in [0.15, 0.2) is 0 Å². The third kappa shape index (κ3) is 3.36. The molecule has 1 N–H and O–H groups in total. The molecule has 2 nitrogen and oxygen atoms in total. The fraction of sp³-hybridized carbons (Fsp3) is 0.214. The van der Waals surface area contributed by atoms with Crippen molar-refractivity contribution >= 4 is 0 Å². The van der Waals surface area contributed by atoms with Gasteiger partial charge in [-0.05, 0) is 17.7 Å². The standard InChI is InChI=1S/C14H10F5NO/c15-13(16)9-3-1-2-8(6-9)12(21)10-7-20-5-4-11(10)14(17,18)19/h1-7,12-13,21H. The average Bonchev–Trinajstić information content (AvgIpc) is 2.45. The molecule has 0 spiro atoms. The van der Waals surface area contributed by atoms with Gasteiger partial charge in [0.1, 0.15) is 6.10 Å². The predicted octanol–water partition coefficient (Wildman–Crippen LogP) is 4.12. The van der Waals surface area contributed by atoms with E-state index in [1.54, 1.807) is 0 Å². The molecule has 2 aromatic rings. The lowest BCUT2D eigenvalue weighted by Gasteiger charge is -2.17. The number of nitrogens with zero attached hydrogens (tertiary/aromatic N) is 1. The summed E-state index contributed by atoms with van der Waals surface area (Å²) in [6.45, 7) is 0. The number of halogens is 5. The maximum atomic E-state index is 12.9. The van der Waals surface area contributed by atoms with Crippen molar-refractivity contribution in [1.29, 1.82) is 0 Å². The van der Waals surface area contributed by atoms with E-state index in [4.69, 9.17) is 0 Å². The highest BCUT2D eigenvalue weighted by molar-refractivity contribution is 5.37. The molecule has 1 heterocycles. The maximum Gasteiger partial charge on any atom is 0.416 e. The summed E-state index contributed by atoms with van der Waals surface area (Å²) in [5.41, 5.74) is -1.95. The minimum atomic E-state index is -4.67. The average molecular weight is 303 g/mol. The van der Waals surface area contributed by atoms with E-state index in [1.807, 2.05) is 0 Å². The van der Waals surface area contributed by atoms with Crippen molar-refractivity contribution in [2.45, 2.75) is 18.7 Å². The summed E-state index contributed by atoms with van der Waals surface area (Å²) in [7, 11) is 0. The Morgan fingerprint density at radius 3 is 2.33 bits per heavy atom. The fourth-order valence-corrected chi connectivity index (χ4v) is 1.93. The molecule has 0 fully saturated rings. The van der Waals surface area contributed by atoms with E-state index in [0.29, 0.717) is 0 Å². The lowest BCUT2D eigenvalue weighted by molar-refractivity contribution is -0.139. The van der Waals surface area contributed by atoms with E-state index >= 15 is 0 Å². The Morgan fingerprint density at radius 2 is 1.71 bits per heavy atom. The molecule has 0 aliphatic carbocycles. The highest BCUT2D eigenvalue weighted by atomic mass is 19.4. The Hall–Kier alpha value is -2.02. The van der Waals surface area contributed by atoms with Crippen LogP contribution < -0.4 is 0 Å². The topological polar surface area (TPSA) is 33.1 Å². The van der Waals surface area contributed by atoms with Crippen molar-refractivity contribution in [1.82, 2.24) is 4.98 Å². The highest BCUT2D eigenvalue weighted by Gasteiger charge is 2.35. The van der Waals surface area contributed by atoms with Crippen molar-refractivity contribution in [2.24, 2.45) is 0 Å².